The molecule has 0 unspecified atom stereocenters. The van der Waals surface area contributed by atoms with E-state index in [1.165, 1.54) is 0 Å². The molecule has 1 saturated heterocycles. The van der Waals surface area contributed by atoms with Crippen LogP contribution in [-0.4, -0.2) is 46.6 Å². The quantitative estimate of drug-likeness (QED) is 0.928. The van der Waals surface area contributed by atoms with E-state index >= 15 is 0 Å². The van der Waals surface area contributed by atoms with Crippen molar-refractivity contribution < 1.29 is 9.32 Å². The van der Waals surface area contributed by atoms with Gasteiger partial charge in [-0.15, -0.1) is 0 Å². The van der Waals surface area contributed by atoms with E-state index in [2.05, 4.69) is 22.4 Å². The van der Waals surface area contributed by atoms with Gasteiger partial charge < -0.3 is 14.7 Å². The average molecular weight is 306 g/mol. The van der Waals surface area contributed by atoms with Crippen molar-refractivity contribution in [2.75, 3.05) is 19.6 Å². The molecule has 1 fully saturated rings. The summed E-state index contributed by atoms with van der Waals surface area (Å²) in [7, 11) is 0. The van der Waals surface area contributed by atoms with Crippen LogP contribution in [0.2, 0.25) is 0 Å². The maximum Gasteiger partial charge on any atom is 0.227 e. The van der Waals surface area contributed by atoms with Gasteiger partial charge in [0.15, 0.2) is 0 Å². The van der Waals surface area contributed by atoms with Crippen molar-refractivity contribution in [1.82, 2.24) is 20.4 Å². The van der Waals surface area contributed by atoms with Gasteiger partial charge >= 0.3 is 0 Å². The Bertz CT molecular complexity index is 596. The van der Waals surface area contributed by atoms with E-state index in [-0.39, 0.29) is 11.9 Å². The normalized spacial score (nSPS) is 18.9. The van der Waals surface area contributed by atoms with Gasteiger partial charge in [-0.2, -0.15) is 16.3 Å². The fourth-order valence-electron chi connectivity index (χ4n) is 2.43. The van der Waals surface area contributed by atoms with Crippen molar-refractivity contribution in [2.45, 2.75) is 25.8 Å². The van der Waals surface area contributed by atoms with Crippen LogP contribution in [0.25, 0.3) is 11.4 Å². The molecule has 0 bridgehead atoms. The maximum absolute atomic E-state index is 12.2. The van der Waals surface area contributed by atoms with E-state index < -0.39 is 0 Å². The largest absolute Gasteiger partial charge is 0.339 e. The molecule has 2 aromatic heterocycles. The third kappa shape index (κ3) is 3.30. The number of amides is 1. The minimum Gasteiger partial charge on any atom is -0.339 e. The number of piperazine rings is 1. The van der Waals surface area contributed by atoms with Gasteiger partial charge in [-0.3, -0.25) is 4.79 Å². The molecule has 0 spiro atoms. The Hall–Kier alpha value is -1.73. The zero-order valence-electron chi connectivity index (χ0n) is 11.9. The van der Waals surface area contributed by atoms with Gasteiger partial charge in [-0.05, 0) is 18.4 Å². The zero-order valence-corrected chi connectivity index (χ0v) is 12.7. The Labute approximate surface area is 127 Å². The van der Waals surface area contributed by atoms with Crippen molar-refractivity contribution in [3.63, 3.8) is 0 Å². The molecule has 0 aliphatic carbocycles. The van der Waals surface area contributed by atoms with Crippen LogP contribution in [0.3, 0.4) is 0 Å². The molecule has 1 aliphatic rings. The average Bonchev–Trinajstić information content (AvgIpc) is 3.16. The lowest BCUT2D eigenvalue weighted by Gasteiger charge is -2.34. The Balaban J connectivity index is 1.56. The first-order valence-electron chi connectivity index (χ1n) is 7.09. The predicted molar refractivity (Wildman–Crippen MR) is 80.0 cm³/mol. The molecule has 6 nitrogen and oxygen atoms in total. The highest BCUT2D eigenvalue weighted by Gasteiger charge is 2.23. The van der Waals surface area contributed by atoms with E-state index in [1.807, 2.05) is 21.7 Å². The molecule has 3 heterocycles. The fraction of sp³-hybridized carbons (Fsp3) is 0.500. The fourth-order valence-corrected chi connectivity index (χ4v) is 3.07. The molecular weight excluding hydrogens is 288 g/mol. The molecule has 1 atom stereocenters. The number of aryl methyl sites for hydroxylation is 1. The molecule has 0 saturated carbocycles. The van der Waals surface area contributed by atoms with E-state index in [4.69, 9.17) is 4.52 Å². The summed E-state index contributed by atoms with van der Waals surface area (Å²) in [6.07, 6.45) is 0.905. The Morgan fingerprint density at radius 1 is 1.62 bits per heavy atom. The first-order valence-corrected chi connectivity index (χ1v) is 8.03. The lowest BCUT2D eigenvalue weighted by Crippen LogP contribution is -2.52. The van der Waals surface area contributed by atoms with Crippen LogP contribution in [0.15, 0.2) is 21.3 Å². The second kappa shape index (κ2) is 6.36. The summed E-state index contributed by atoms with van der Waals surface area (Å²) in [6, 6.07) is 2.20. The summed E-state index contributed by atoms with van der Waals surface area (Å²) in [5, 5.41) is 11.2. The van der Waals surface area contributed by atoms with Crippen LogP contribution in [0.1, 0.15) is 19.2 Å². The molecule has 0 aromatic carbocycles. The van der Waals surface area contributed by atoms with Crippen molar-refractivity contribution >= 4 is 17.2 Å². The van der Waals surface area contributed by atoms with E-state index in [0.717, 1.165) is 25.2 Å². The van der Waals surface area contributed by atoms with Gasteiger partial charge in [0.05, 0.1) is 0 Å². The number of rotatable bonds is 4. The van der Waals surface area contributed by atoms with Crippen molar-refractivity contribution in [3.8, 4) is 11.4 Å². The first kappa shape index (κ1) is 14.2. The minimum atomic E-state index is 0.152. The second-order valence-electron chi connectivity index (χ2n) is 5.16. The number of aromatic nitrogens is 2. The van der Waals surface area contributed by atoms with Crippen LogP contribution in [0, 0.1) is 0 Å². The molecule has 112 valence electrons. The van der Waals surface area contributed by atoms with Gasteiger partial charge in [0.1, 0.15) is 0 Å². The predicted octanol–water partition coefficient (Wildman–Crippen LogP) is 1.55. The van der Waals surface area contributed by atoms with Gasteiger partial charge in [0, 0.05) is 49.5 Å². The highest BCUT2D eigenvalue weighted by atomic mass is 32.1. The molecule has 1 N–H and O–H groups in total. The molecule has 7 heteroatoms. The van der Waals surface area contributed by atoms with E-state index in [0.29, 0.717) is 24.6 Å². The van der Waals surface area contributed by atoms with Crippen LogP contribution in [0.5, 0.6) is 0 Å². The van der Waals surface area contributed by atoms with Crippen LogP contribution < -0.4 is 5.32 Å². The number of nitrogens with zero attached hydrogens (tertiary/aromatic N) is 3. The summed E-state index contributed by atoms with van der Waals surface area (Å²) >= 11 is 1.59. The van der Waals surface area contributed by atoms with Gasteiger partial charge in [-0.25, -0.2) is 0 Å². The first-order chi connectivity index (χ1) is 10.2. The van der Waals surface area contributed by atoms with Crippen molar-refractivity contribution in [1.29, 1.82) is 0 Å². The molecule has 3 rings (SSSR count). The van der Waals surface area contributed by atoms with E-state index in [9.17, 15) is 4.79 Å². The SMILES string of the molecule is C[C@H]1CNCCN1C(=O)CCc1nc(-c2ccsc2)no1. The molecule has 1 amide bonds. The van der Waals surface area contributed by atoms with E-state index in [1.54, 1.807) is 11.3 Å². The smallest absolute Gasteiger partial charge is 0.227 e. The summed E-state index contributed by atoms with van der Waals surface area (Å²) in [5.74, 6) is 1.26. The molecular formula is C14H18N4O2S. The summed E-state index contributed by atoms with van der Waals surface area (Å²) in [4.78, 5) is 18.5. The summed E-state index contributed by atoms with van der Waals surface area (Å²) in [5.41, 5.74) is 0.956. The molecule has 0 radical (unpaired) electrons. The monoisotopic (exact) mass is 306 g/mol. The second-order valence-corrected chi connectivity index (χ2v) is 5.94. The lowest BCUT2D eigenvalue weighted by molar-refractivity contribution is -0.134. The van der Waals surface area contributed by atoms with Crippen molar-refractivity contribution in [2.24, 2.45) is 0 Å². The number of thiophene rings is 1. The third-order valence-corrected chi connectivity index (χ3v) is 4.31. The number of hydrogen-bond acceptors (Lipinski definition) is 6. The zero-order chi connectivity index (χ0) is 14.7. The third-order valence-electron chi connectivity index (χ3n) is 3.62. The Morgan fingerprint density at radius 2 is 2.52 bits per heavy atom. The summed E-state index contributed by atoms with van der Waals surface area (Å²) in [6.45, 7) is 4.54. The number of nitrogens with one attached hydrogen (secondary N) is 1. The Kier molecular flexibility index (Phi) is 4.31. The minimum absolute atomic E-state index is 0.152. The highest BCUT2D eigenvalue weighted by Crippen LogP contribution is 2.19. The number of carbonyl (C=O) groups excluding carboxylic acids is 1. The van der Waals surface area contributed by atoms with Crippen LogP contribution >= 0.6 is 11.3 Å². The molecule has 1 aliphatic heterocycles. The van der Waals surface area contributed by atoms with Gasteiger partial charge in [0.2, 0.25) is 17.6 Å². The highest BCUT2D eigenvalue weighted by molar-refractivity contribution is 7.08. The van der Waals surface area contributed by atoms with Gasteiger partial charge in [-0.1, -0.05) is 5.16 Å². The van der Waals surface area contributed by atoms with Gasteiger partial charge in [0.25, 0.3) is 0 Å². The molecule has 21 heavy (non-hydrogen) atoms. The maximum atomic E-state index is 12.2. The summed E-state index contributed by atoms with van der Waals surface area (Å²) < 4.78 is 5.21. The Morgan fingerprint density at radius 3 is 3.29 bits per heavy atom. The topological polar surface area (TPSA) is 71.3 Å². The standard InChI is InChI=1S/C14H18N4O2S/c1-10-8-15-5-6-18(10)13(19)3-2-12-16-14(17-20-12)11-4-7-21-9-11/h4,7,9-10,15H,2-3,5-6,8H2,1H3/t10-/m0/s1. The van der Waals surface area contributed by atoms with Crippen molar-refractivity contribution in [3.05, 3.63) is 22.7 Å². The lowest BCUT2D eigenvalue weighted by atomic mass is 10.2. The molecule has 2 aromatic rings. The number of hydrogen-bond donors (Lipinski definition) is 1. The van der Waals surface area contributed by atoms with Crippen LogP contribution in [0.4, 0.5) is 0 Å². The number of carbonyl (C=O) groups is 1. The van der Waals surface area contributed by atoms with Crippen LogP contribution in [-0.2, 0) is 11.2 Å².